The van der Waals surface area contributed by atoms with E-state index in [9.17, 15) is 0 Å². The van der Waals surface area contributed by atoms with Crippen molar-refractivity contribution in [2.45, 2.75) is 68.3 Å². The Morgan fingerprint density at radius 1 is 0.694 bits per heavy atom. The minimum atomic E-state index is -0.423. The zero-order valence-corrected chi connectivity index (χ0v) is 23.0. The molecule has 0 radical (unpaired) electrons. The van der Waals surface area contributed by atoms with Gasteiger partial charge >= 0.3 is 0 Å². The number of rotatable bonds is 12. The maximum atomic E-state index is 6.54. The fraction of sp³-hybridized carbons (Fsp3) is 0.400. The van der Waals surface area contributed by atoms with E-state index in [4.69, 9.17) is 23.7 Å². The predicted octanol–water partition coefficient (Wildman–Crippen LogP) is 6.33. The lowest BCUT2D eigenvalue weighted by atomic mass is 10.0. The van der Waals surface area contributed by atoms with E-state index in [-0.39, 0.29) is 28.3 Å². The Labute approximate surface area is 228 Å². The molecular formula is C30H35IO5. The highest BCUT2D eigenvalue weighted by molar-refractivity contribution is 14.1. The average Bonchev–Trinajstić information content (AvgIpc) is 2.90. The Balaban J connectivity index is 1.52. The summed E-state index contributed by atoms with van der Waals surface area (Å²) in [4.78, 5) is 0. The lowest BCUT2D eigenvalue weighted by Gasteiger charge is -2.44. The summed E-state index contributed by atoms with van der Waals surface area (Å²) in [6.45, 7) is 5.87. The molecule has 192 valence electrons. The van der Waals surface area contributed by atoms with Gasteiger partial charge in [0.05, 0.1) is 36.5 Å². The summed E-state index contributed by atoms with van der Waals surface area (Å²) in [6.07, 6.45) is -1.30. The van der Waals surface area contributed by atoms with Gasteiger partial charge in [-0.3, -0.25) is 0 Å². The SMILES string of the molecule is CC(C)O[C@H]1O[C@H](COCc2ccccc2)[C@@H](OCc2ccccc2)[C@H](OCc2ccccc2)[C@H]1I. The monoisotopic (exact) mass is 602 g/mol. The average molecular weight is 603 g/mol. The normalized spacial score (nSPS) is 24.2. The van der Waals surface area contributed by atoms with Gasteiger partial charge in [0, 0.05) is 0 Å². The number of alkyl halides is 1. The first-order chi connectivity index (χ1) is 17.6. The van der Waals surface area contributed by atoms with Crippen molar-refractivity contribution in [2.75, 3.05) is 6.61 Å². The molecule has 0 N–H and O–H groups in total. The maximum Gasteiger partial charge on any atom is 0.172 e. The summed E-state index contributed by atoms with van der Waals surface area (Å²) in [7, 11) is 0. The first kappa shape index (κ1) is 27.2. The quantitative estimate of drug-likeness (QED) is 0.179. The molecule has 1 saturated heterocycles. The van der Waals surface area contributed by atoms with Crippen LogP contribution in [-0.4, -0.2) is 41.2 Å². The fourth-order valence-corrected chi connectivity index (χ4v) is 5.13. The molecule has 0 unspecified atom stereocenters. The zero-order valence-electron chi connectivity index (χ0n) is 20.9. The molecule has 3 aromatic rings. The van der Waals surface area contributed by atoms with Crippen molar-refractivity contribution in [2.24, 2.45) is 0 Å². The topological polar surface area (TPSA) is 46.2 Å². The van der Waals surface area contributed by atoms with E-state index < -0.39 is 6.29 Å². The highest BCUT2D eigenvalue weighted by Crippen LogP contribution is 2.33. The van der Waals surface area contributed by atoms with E-state index in [2.05, 4.69) is 59.0 Å². The van der Waals surface area contributed by atoms with Crippen molar-refractivity contribution in [3.8, 4) is 0 Å². The van der Waals surface area contributed by atoms with Gasteiger partial charge in [-0.15, -0.1) is 0 Å². The number of hydrogen-bond donors (Lipinski definition) is 0. The molecule has 1 heterocycles. The maximum absolute atomic E-state index is 6.54. The molecule has 6 heteroatoms. The van der Waals surface area contributed by atoms with Crippen LogP contribution in [0, 0.1) is 0 Å². The van der Waals surface area contributed by atoms with Crippen molar-refractivity contribution in [1.29, 1.82) is 0 Å². The number of halogens is 1. The molecule has 0 bridgehead atoms. The lowest BCUT2D eigenvalue weighted by molar-refractivity contribution is -0.278. The molecule has 36 heavy (non-hydrogen) atoms. The third-order valence-electron chi connectivity index (χ3n) is 5.94. The van der Waals surface area contributed by atoms with Gasteiger partial charge in [0.2, 0.25) is 0 Å². The Hall–Kier alpha value is -1.81. The van der Waals surface area contributed by atoms with Crippen molar-refractivity contribution >= 4 is 22.6 Å². The largest absolute Gasteiger partial charge is 0.374 e. The third-order valence-corrected chi connectivity index (χ3v) is 7.24. The van der Waals surface area contributed by atoms with Crippen LogP contribution in [0.1, 0.15) is 30.5 Å². The molecule has 1 fully saturated rings. The molecule has 0 aliphatic carbocycles. The predicted molar refractivity (Wildman–Crippen MR) is 149 cm³/mol. The van der Waals surface area contributed by atoms with Gasteiger partial charge in [-0.25, -0.2) is 0 Å². The Morgan fingerprint density at radius 3 is 1.67 bits per heavy atom. The summed E-state index contributed by atoms with van der Waals surface area (Å²) in [6, 6.07) is 30.5. The number of ether oxygens (including phenoxy) is 5. The fourth-order valence-electron chi connectivity index (χ4n) is 4.17. The van der Waals surface area contributed by atoms with Crippen LogP contribution in [-0.2, 0) is 43.5 Å². The van der Waals surface area contributed by atoms with Crippen molar-refractivity contribution < 1.29 is 23.7 Å². The third kappa shape index (κ3) is 8.10. The minimum Gasteiger partial charge on any atom is -0.374 e. The van der Waals surface area contributed by atoms with E-state index in [1.807, 2.05) is 68.4 Å². The number of hydrogen-bond acceptors (Lipinski definition) is 5. The van der Waals surface area contributed by atoms with Crippen LogP contribution in [0.4, 0.5) is 0 Å². The van der Waals surface area contributed by atoms with Gasteiger partial charge in [-0.2, -0.15) is 0 Å². The molecule has 5 atom stereocenters. The number of benzene rings is 3. The zero-order chi connectivity index (χ0) is 25.2. The Kier molecular flexibility index (Phi) is 10.8. The molecule has 5 nitrogen and oxygen atoms in total. The van der Waals surface area contributed by atoms with Crippen LogP contribution in [0.25, 0.3) is 0 Å². The van der Waals surface area contributed by atoms with Gasteiger partial charge < -0.3 is 23.7 Å². The van der Waals surface area contributed by atoms with Gasteiger partial charge in [-0.1, -0.05) is 114 Å². The minimum absolute atomic E-state index is 0.0229. The Bertz CT molecular complexity index is 1000. The van der Waals surface area contributed by atoms with Crippen LogP contribution in [0.2, 0.25) is 0 Å². The van der Waals surface area contributed by atoms with Crippen molar-refractivity contribution in [1.82, 2.24) is 0 Å². The van der Waals surface area contributed by atoms with Crippen molar-refractivity contribution in [3.63, 3.8) is 0 Å². The smallest absolute Gasteiger partial charge is 0.172 e. The first-order valence-electron chi connectivity index (χ1n) is 12.5. The van der Waals surface area contributed by atoms with Gasteiger partial charge in [0.15, 0.2) is 6.29 Å². The summed E-state index contributed by atoms with van der Waals surface area (Å²) in [5, 5.41) is 0. The highest BCUT2D eigenvalue weighted by Gasteiger charge is 2.47. The van der Waals surface area contributed by atoms with Crippen LogP contribution >= 0.6 is 22.6 Å². The van der Waals surface area contributed by atoms with E-state index >= 15 is 0 Å². The Morgan fingerprint density at radius 2 is 1.17 bits per heavy atom. The molecule has 1 aliphatic rings. The van der Waals surface area contributed by atoms with Crippen molar-refractivity contribution in [3.05, 3.63) is 108 Å². The summed E-state index contributed by atoms with van der Waals surface area (Å²) >= 11 is 2.39. The van der Waals surface area contributed by atoms with Crippen LogP contribution in [0.5, 0.6) is 0 Å². The van der Waals surface area contributed by atoms with Gasteiger partial charge in [0.1, 0.15) is 18.3 Å². The second-order valence-corrected chi connectivity index (χ2v) is 10.6. The molecular weight excluding hydrogens is 567 g/mol. The molecule has 4 rings (SSSR count). The second-order valence-electron chi connectivity index (χ2n) is 9.20. The first-order valence-corrected chi connectivity index (χ1v) is 13.7. The van der Waals surface area contributed by atoms with E-state index in [1.54, 1.807) is 0 Å². The second kappa shape index (κ2) is 14.2. The highest BCUT2D eigenvalue weighted by atomic mass is 127. The summed E-state index contributed by atoms with van der Waals surface area (Å²) in [5.74, 6) is 0. The molecule has 0 amide bonds. The van der Waals surface area contributed by atoms with Gasteiger partial charge in [0.25, 0.3) is 0 Å². The van der Waals surface area contributed by atoms with Crippen LogP contribution in [0.15, 0.2) is 91.0 Å². The summed E-state index contributed by atoms with van der Waals surface area (Å²) in [5.41, 5.74) is 3.34. The molecule has 1 aliphatic heterocycles. The van der Waals surface area contributed by atoms with Crippen LogP contribution in [0.3, 0.4) is 0 Å². The standard InChI is InChI=1S/C30H35IO5/c1-22(2)35-30-27(31)29(34-20-25-16-10-5-11-17-25)28(33-19-24-14-8-4-9-15-24)26(36-30)21-32-18-23-12-6-3-7-13-23/h3-17,22,26-30H,18-21H2,1-2H3/t26-,27-,28-,29-,30+/m1/s1. The van der Waals surface area contributed by atoms with E-state index in [1.165, 1.54) is 0 Å². The van der Waals surface area contributed by atoms with Gasteiger partial charge in [-0.05, 0) is 30.5 Å². The summed E-state index contributed by atoms with van der Waals surface area (Å²) < 4.78 is 31.8. The molecule has 0 aromatic heterocycles. The van der Waals surface area contributed by atoms with Crippen LogP contribution < -0.4 is 0 Å². The molecule has 0 saturated carbocycles. The molecule has 3 aromatic carbocycles. The van der Waals surface area contributed by atoms with E-state index in [0.717, 1.165) is 16.7 Å². The molecule has 0 spiro atoms. The van der Waals surface area contributed by atoms with E-state index in [0.29, 0.717) is 26.4 Å². The lowest BCUT2D eigenvalue weighted by Crippen LogP contribution is -2.59.